The first kappa shape index (κ1) is 15.4. The Labute approximate surface area is 118 Å². The third-order valence-corrected chi connectivity index (χ3v) is 4.11. The normalized spacial score (nSPS) is 30.4. The topological polar surface area (TPSA) is 29.1 Å². The van der Waals surface area contributed by atoms with Gasteiger partial charge < -0.3 is 5.32 Å². The molecule has 1 N–H and O–H groups in total. The van der Waals surface area contributed by atoms with Crippen LogP contribution in [-0.4, -0.2) is 15.7 Å². The first-order chi connectivity index (χ1) is 7.71. The molecule has 3 atom stereocenters. The maximum atomic E-state index is 11.7. The zero-order valence-electron chi connectivity index (χ0n) is 10.5. The van der Waals surface area contributed by atoms with Gasteiger partial charge >= 0.3 is 0 Å². The van der Waals surface area contributed by atoms with Gasteiger partial charge in [-0.25, -0.2) is 0 Å². The van der Waals surface area contributed by atoms with Crippen molar-refractivity contribution in [3.8, 4) is 0 Å². The molecule has 0 aromatic rings. The summed E-state index contributed by atoms with van der Waals surface area (Å²) in [5, 5.41) is 2.89. The van der Waals surface area contributed by atoms with Gasteiger partial charge in [0, 0.05) is 6.04 Å². The number of halogens is 3. The second-order valence-electron chi connectivity index (χ2n) is 5.40. The lowest BCUT2D eigenvalue weighted by molar-refractivity contribution is -0.121. The molecule has 17 heavy (non-hydrogen) atoms. The molecule has 2 nitrogen and oxygen atoms in total. The van der Waals surface area contributed by atoms with E-state index in [4.69, 9.17) is 34.8 Å². The van der Waals surface area contributed by atoms with Gasteiger partial charge in [-0.2, -0.15) is 0 Å². The maximum Gasteiger partial charge on any atom is 0.272 e. The molecule has 1 aliphatic rings. The van der Waals surface area contributed by atoms with Gasteiger partial charge in [-0.05, 0) is 30.6 Å². The van der Waals surface area contributed by atoms with Crippen LogP contribution < -0.4 is 5.32 Å². The summed E-state index contributed by atoms with van der Waals surface area (Å²) < 4.78 is -1.86. The van der Waals surface area contributed by atoms with E-state index < -0.39 is 9.70 Å². The van der Waals surface area contributed by atoms with Crippen LogP contribution in [-0.2, 0) is 4.79 Å². The van der Waals surface area contributed by atoms with Gasteiger partial charge in [0.2, 0.25) is 0 Å². The molecule has 1 saturated carbocycles. The Bertz CT molecular complexity index is 275. The highest BCUT2D eigenvalue weighted by Crippen LogP contribution is 2.34. The number of amides is 1. The lowest BCUT2D eigenvalue weighted by atomic mass is 9.74. The zero-order valence-corrected chi connectivity index (χ0v) is 12.7. The molecule has 0 saturated heterocycles. The van der Waals surface area contributed by atoms with Crippen LogP contribution in [0.15, 0.2) is 0 Å². The molecule has 0 aromatic carbocycles. The quantitative estimate of drug-likeness (QED) is 0.769. The van der Waals surface area contributed by atoms with E-state index in [1.54, 1.807) is 0 Å². The Balaban J connectivity index is 2.67. The first-order valence-corrected chi connectivity index (χ1v) is 7.23. The van der Waals surface area contributed by atoms with Crippen molar-refractivity contribution in [2.75, 3.05) is 0 Å². The largest absolute Gasteiger partial charge is 0.349 e. The summed E-state index contributed by atoms with van der Waals surface area (Å²) in [6.45, 7) is 6.55. The second-order valence-corrected chi connectivity index (χ2v) is 7.69. The highest BCUT2D eigenvalue weighted by Gasteiger charge is 2.37. The van der Waals surface area contributed by atoms with Crippen LogP contribution in [0.3, 0.4) is 0 Å². The predicted molar refractivity (Wildman–Crippen MR) is 73.6 cm³/mol. The van der Waals surface area contributed by atoms with Crippen molar-refractivity contribution in [1.29, 1.82) is 0 Å². The fourth-order valence-electron chi connectivity index (χ4n) is 2.62. The van der Waals surface area contributed by atoms with E-state index in [0.29, 0.717) is 17.8 Å². The molecule has 5 heteroatoms. The number of rotatable bonds is 2. The molecule has 1 amide bonds. The molecule has 0 bridgehead atoms. The lowest BCUT2D eigenvalue weighted by Gasteiger charge is -2.38. The molecule has 0 aliphatic heterocycles. The summed E-state index contributed by atoms with van der Waals surface area (Å²) in [6, 6.07) is 0.127. The standard InChI is InChI=1S/C12H20Cl3NO/c1-7(2)9-5-4-8(3)6-10(9)16-11(17)12(13,14)15/h7-10H,4-6H2,1-3H3,(H,16,17)/t8-,9+,10-/m1/s1. The van der Waals surface area contributed by atoms with Crippen molar-refractivity contribution < 1.29 is 4.79 Å². The summed E-state index contributed by atoms with van der Waals surface area (Å²) in [7, 11) is 0. The SMILES string of the molecule is CC(C)[C@@H]1CC[C@@H](C)C[C@H]1NC(=O)C(Cl)(Cl)Cl. The Morgan fingerprint density at radius 1 is 1.29 bits per heavy atom. The molecule has 0 aromatic heterocycles. The number of carbonyl (C=O) groups excluding carboxylic acids is 1. The number of alkyl halides is 3. The predicted octanol–water partition coefficient (Wildman–Crippen LogP) is 3.93. The molecule has 0 heterocycles. The van der Waals surface area contributed by atoms with Gasteiger partial charge in [-0.1, -0.05) is 62.0 Å². The number of nitrogens with one attached hydrogen (secondary N) is 1. The van der Waals surface area contributed by atoms with Crippen molar-refractivity contribution >= 4 is 40.7 Å². The van der Waals surface area contributed by atoms with Gasteiger partial charge in [-0.15, -0.1) is 0 Å². The van der Waals surface area contributed by atoms with Gasteiger partial charge in [0.05, 0.1) is 0 Å². The van der Waals surface area contributed by atoms with E-state index in [-0.39, 0.29) is 6.04 Å². The molecule has 1 rings (SSSR count). The first-order valence-electron chi connectivity index (χ1n) is 6.09. The van der Waals surface area contributed by atoms with E-state index in [9.17, 15) is 4.79 Å². The van der Waals surface area contributed by atoms with Crippen molar-refractivity contribution in [2.45, 2.75) is 49.9 Å². The van der Waals surface area contributed by atoms with E-state index >= 15 is 0 Å². The van der Waals surface area contributed by atoms with Gasteiger partial charge in [0.1, 0.15) is 0 Å². The summed E-state index contributed by atoms with van der Waals surface area (Å²) in [5.74, 6) is 1.11. The Hall–Kier alpha value is 0.340. The average Bonchev–Trinajstić information content (AvgIpc) is 2.15. The van der Waals surface area contributed by atoms with Crippen molar-refractivity contribution in [3.05, 3.63) is 0 Å². The average molecular weight is 301 g/mol. The van der Waals surface area contributed by atoms with Crippen LogP contribution >= 0.6 is 34.8 Å². The number of hydrogen-bond acceptors (Lipinski definition) is 1. The van der Waals surface area contributed by atoms with Crippen molar-refractivity contribution in [3.63, 3.8) is 0 Å². The monoisotopic (exact) mass is 299 g/mol. The fraction of sp³-hybridized carbons (Fsp3) is 0.917. The summed E-state index contributed by atoms with van der Waals surface area (Å²) in [4.78, 5) is 11.7. The molecule has 100 valence electrons. The van der Waals surface area contributed by atoms with E-state index in [1.807, 2.05) is 0 Å². The molecule has 0 spiro atoms. The van der Waals surface area contributed by atoms with Crippen LogP contribution in [0, 0.1) is 17.8 Å². The Morgan fingerprint density at radius 2 is 1.88 bits per heavy atom. The van der Waals surface area contributed by atoms with Crippen LogP contribution in [0.2, 0.25) is 0 Å². The maximum absolute atomic E-state index is 11.7. The summed E-state index contributed by atoms with van der Waals surface area (Å²) in [6.07, 6.45) is 3.31. The zero-order chi connectivity index (χ0) is 13.2. The van der Waals surface area contributed by atoms with E-state index in [1.165, 1.54) is 6.42 Å². The third kappa shape index (κ3) is 4.50. The summed E-state index contributed by atoms with van der Waals surface area (Å²) in [5.41, 5.74) is 0. The highest BCUT2D eigenvalue weighted by molar-refractivity contribution is 6.76. The molecule has 0 radical (unpaired) electrons. The second kappa shape index (κ2) is 5.99. The van der Waals surface area contributed by atoms with Gasteiger partial charge in [-0.3, -0.25) is 4.79 Å². The molecular weight excluding hydrogens is 280 g/mol. The highest BCUT2D eigenvalue weighted by atomic mass is 35.6. The minimum Gasteiger partial charge on any atom is -0.349 e. The van der Waals surface area contributed by atoms with Crippen LogP contribution in [0.5, 0.6) is 0 Å². The number of carbonyl (C=O) groups is 1. The van der Waals surface area contributed by atoms with Crippen molar-refractivity contribution in [2.24, 2.45) is 17.8 Å². The minimum absolute atomic E-state index is 0.127. The van der Waals surface area contributed by atoms with Gasteiger partial charge in [0.15, 0.2) is 0 Å². The lowest BCUT2D eigenvalue weighted by Crippen LogP contribution is -2.49. The van der Waals surface area contributed by atoms with E-state index in [0.717, 1.165) is 12.8 Å². The number of hydrogen-bond donors (Lipinski definition) is 1. The summed E-state index contributed by atoms with van der Waals surface area (Å²) >= 11 is 16.8. The van der Waals surface area contributed by atoms with E-state index in [2.05, 4.69) is 26.1 Å². The fourth-order valence-corrected chi connectivity index (χ4v) is 2.78. The third-order valence-electron chi connectivity index (χ3n) is 3.60. The van der Waals surface area contributed by atoms with Crippen LogP contribution in [0.25, 0.3) is 0 Å². The smallest absolute Gasteiger partial charge is 0.272 e. The van der Waals surface area contributed by atoms with Crippen molar-refractivity contribution in [1.82, 2.24) is 5.32 Å². The molecule has 1 aliphatic carbocycles. The Morgan fingerprint density at radius 3 is 2.35 bits per heavy atom. The Kier molecular flexibility index (Phi) is 5.42. The van der Waals surface area contributed by atoms with Crippen LogP contribution in [0.4, 0.5) is 0 Å². The molecule has 1 fully saturated rings. The minimum atomic E-state index is -1.86. The van der Waals surface area contributed by atoms with Gasteiger partial charge in [0.25, 0.3) is 9.70 Å². The van der Waals surface area contributed by atoms with Crippen LogP contribution in [0.1, 0.15) is 40.0 Å². The molecule has 0 unspecified atom stereocenters. The molecular formula is C12H20Cl3NO.